The number of carbonyl (C=O) groups excluding carboxylic acids is 2. The minimum atomic E-state index is 0.0246. The van der Waals surface area contributed by atoms with Crippen LogP contribution in [-0.4, -0.2) is 62.3 Å². The highest BCUT2D eigenvalue weighted by Crippen LogP contribution is 2.24. The number of rotatable bonds is 6. The van der Waals surface area contributed by atoms with E-state index in [2.05, 4.69) is 20.9 Å². The van der Waals surface area contributed by atoms with Crippen molar-refractivity contribution in [3.63, 3.8) is 0 Å². The number of carbonyl (C=O) groups is 2. The van der Waals surface area contributed by atoms with Crippen molar-refractivity contribution in [3.05, 3.63) is 78.6 Å². The summed E-state index contributed by atoms with van der Waals surface area (Å²) in [6, 6.07) is 12.0. The largest absolute Gasteiger partial charge is 0.338 e. The number of fused-ring (bicyclic) bond motifs is 1. The molecular weight excluding hydrogens is 452 g/mol. The van der Waals surface area contributed by atoms with Crippen LogP contribution in [0.3, 0.4) is 0 Å². The summed E-state index contributed by atoms with van der Waals surface area (Å²) in [4.78, 5) is 40.5. The number of nitrogens with zero attached hydrogens (tertiary/aromatic N) is 6. The number of aryl methyl sites for hydroxylation is 1. The van der Waals surface area contributed by atoms with Gasteiger partial charge in [-0.05, 0) is 42.5 Å². The van der Waals surface area contributed by atoms with Crippen molar-refractivity contribution >= 4 is 17.5 Å². The Labute approximate surface area is 213 Å². The van der Waals surface area contributed by atoms with E-state index in [1.807, 2.05) is 57.1 Å². The first-order valence-electron chi connectivity index (χ1n) is 12.8. The molecule has 1 aliphatic rings. The predicted molar refractivity (Wildman–Crippen MR) is 140 cm³/mol. The molecule has 0 unspecified atom stereocenters. The van der Waals surface area contributed by atoms with Gasteiger partial charge in [0.1, 0.15) is 0 Å². The predicted octanol–water partition coefficient (Wildman–Crippen LogP) is 3.74. The molecule has 0 spiro atoms. The molecule has 1 aromatic carbocycles. The smallest absolute Gasteiger partial charge is 0.223 e. The highest BCUT2D eigenvalue weighted by molar-refractivity contribution is 5.92. The van der Waals surface area contributed by atoms with Crippen molar-refractivity contribution < 1.29 is 9.59 Å². The first-order valence-corrected chi connectivity index (χ1v) is 12.8. The zero-order valence-corrected chi connectivity index (χ0v) is 21.1. The maximum atomic E-state index is 13.3. The minimum Gasteiger partial charge on any atom is -0.338 e. The van der Waals surface area contributed by atoms with E-state index in [0.717, 1.165) is 56.7 Å². The Morgan fingerprint density at radius 2 is 1.78 bits per heavy atom. The van der Waals surface area contributed by atoms with E-state index in [0.29, 0.717) is 26.1 Å². The number of pyridine rings is 1. The molecule has 4 rings (SSSR count). The lowest BCUT2D eigenvalue weighted by Gasteiger charge is -2.31. The Hall–Kier alpha value is -3.52. The van der Waals surface area contributed by atoms with Crippen molar-refractivity contribution in [2.45, 2.75) is 52.2 Å². The van der Waals surface area contributed by atoms with Gasteiger partial charge in [0, 0.05) is 89.6 Å². The molecule has 0 atom stereocenters. The molecule has 0 saturated carbocycles. The zero-order chi connectivity index (χ0) is 25.2. The third-order valence-corrected chi connectivity index (χ3v) is 6.63. The van der Waals surface area contributed by atoms with Gasteiger partial charge in [-0.2, -0.15) is 0 Å². The maximum absolute atomic E-state index is 13.3. The molecule has 3 aromatic rings. The number of hydrogen-bond donors (Lipinski definition) is 0. The third kappa shape index (κ3) is 7.24. The standard InChI is InChI=1S/C28H36N6O2/c1-24(35)34-18-7-16-31(21-25-8-4-12-29-20-25)15-6-17-33(22-26-9-2-3-10-27(26)34)28(36)11-5-14-32-19-13-30-23-32/h2-4,8-10,12-13,19-20,23H,5-7,11,14-18,21-22H2,1H3. The molecule has 2 amide bonds. The molecule has 0 N–H and O–H groups in total. The van der Waals surface area contributed by atoms with E-state index in [1.165, 1.54) is 5.56 Å². The second kappa shape index (κ2) is 13.0. The minimum absolute atomic E-state index is 0.0246. The van der Waals surface area contributed by atoms with Crippen LogP contribution in [0.5, 0.6) is 0 Å². The molecule has 8 nitrogen and oxygen atoms in total. The molecule has 8 heteroatoms. The number of amides is 2. The molecular formula is C28H36N6O2. The van der Waals surface area contributed by atoms with Gasteiger partial charge in [-0.15, -0.1) is 0 Å². The highest BCUT2D eigenvalue weighted by atomic mass is 16.2. The second-order valence-corrected chi connectivity index (χ2v) is 9.36. The summed E-state index contributed by atoms with van der Waals surface area (Å²) in [5.41, 5.74) is 3.09. The van der Waals surface area contributed by atoms with Crippen molar-refractivity contribution in [2.24, 2.45) is 0 Å². The molecule has 1 aliphatic heterocycles. The van der Waals surface area contributed by atoms with Gasteiger partial charge in [0.15, 0.2) is 0 Å². The summed E-state index contributed by atoms with van der Waals surface area (Å²) in [6.45, 7) is 6.80. The SMILES string of the molecule is CC(=O)N1CCCN(Cc2cccnc2)CCCN(C(=O)CCCn2ccnc2)Cc2ccccc21. The Kier molecular flexibility index (Phi) is 9.21. The monoisotopic (exact) mass is 488 g/mol. The van der Waals surface area contributed by atoms with E-state index < -0.39 is 0 Å². The molecule has 190 valence electrons. The van der Waals surface area contributed by atoms with Crippen LogP contribution >= 0.6 is 0 Å². The van der Waals surface area contributed by atoms with Crippen LogP contribution in [0.2, 0.25) is 0 Å². The molecule has 0 bridgehead atoms. The summed E-state index contributed by atoms with van der Waals surface area (Å²) < 4.78 is 2.00. The van der Waals surface area contributed by atoms with E-state index in [9.17, 15) is 9.59 Å². The molecule has 0 saturated heterocycles. The molecule has 0 radical (unpaired) electrons. The number of hydrogen-bond acceptors (Lipinski definition) is 5. The summed E-state index contributed by atoms with van der Waals surface area (Å²) >= 11 is 0. The summed E-state index contributed by atoms with van der Waals surface area (Å²) in [5.74, 6) is 0.173. The number of para-hydroxylation sites is 1. The fourth-order valence-electron chi connectivity index (χ4n) is 4.80. The first kappa shape index (κ1) is 25.6. The second-order valence-electron chi connectivity index (χ2n) is 9.36. The Bertz CT molecular complexity index is 1100. The fourth-order valence-corrected chi connectivity index (χ4v) is 4.80. The first-order chi connectivity index (χ1) is 17.6. The van der Waals surface area contributed by atoms with Gasteiger partial charge in [-0.1, -0.05) is 24.3 Å². The van der Waals surface area contributed by atoms with Gasteiger partial charge in [-0.25, -0.2) is 4.98 Å². The van der Waals surface area contributed by atoms with Gasteiger partial charge in [0.25, 0.3) is 0 Å². The Morgan fingerprint density at radius 1 is 0.944 bits per heavy atom. The van der Waals surface area contributed by atoms with Gasteiger partial charge in [0.05, 0.1) is 6.33 Å². The summed E-state index contributed by atoms with van der Waals surface area (Å²) in [5, 5.41) is 0. The zero-order valence-electron chi connectivity index (χ0n) is 21.1. The van der Waals surface area contributed by atoms with Crippen LogP contribution in [0.15, 0.2) is 67.5 Å². The van der Waals surface area contributed by atoms with Crippen LogP contribution in [-0.2, 0) is 29.2 Å². The topological polar surface area (TPSA) is 74.6 Å². The van der Waals surface area contributed by atoms with Gasteiger partial charge in [0.2, 0.25) is 11.8 Å². The lowest BCUT2D eigenvalue weighted by atomic mass is 10.1. The fraction of sp³-hybridized carbons (Fsp3) is 0.429. The summed E-state index contributed by atoms with van der Waals surface area (Å²) in [7, 11) is 0. The molecule has 3 heterocycles. The lowest BCUT2D eigenvalue weighted by molar-refractivity contribution is -0.132. The van der Waals surface area contributed by atoms with Crippen molar-refractivity contribution in [3.8, 4) is 0 Å². The number of imidazole rings is 1. The van der Waals surface area contributed by atoms with Crippen LogP contribution in [0.1, 0.15) is 43.7 Å². The Balaban J connectivity index is 1.51. The Morgan fingerprint density at radius 3 is 2.53 bits per heavy atom. The van der Waals surface area contributed by atoms with E-state index >= 15 is 0 Å². The normalized spacial score (nSPS) is 15.6. The maximum Gasteiger partial charge on any atom is 0.223 e. The lowest BCUT2D eigenvalue weighted by Crippen LogP contribution is -2.38. The van der Waals surface area contributed by atoms with E-state index in [-0.39, 0.29) is 11.8 Å². The van der Waals surface area contributed by atoms with E-state index in [1.54, 1.807) is 25.6 Å². The van der Waals surface area contributed by atoms with Crippen LogP contribution in [0.4, 0.5) is 5.69 Å². The van der Waals surface area contributed by atoms with E-state index in [4.69, 9.17) is 0 Å². The van der Waals surface area contributed by atoms with Crippen molar-refractivity contribution in [1.29, 1.82) is 0 Å². The number of anilines is 1. The number of aromatic nitrogens is 3. The average molecular weight is 489 g/mol. The van der Waals surface area contributed by atoms with Crippen LogP contribution in [0.25, 0.3) is 0 Å². The van der Waals surface area contributed by atoms with Gasteiger partial charge in [-0.3, -0.25) is 19.5 Å². The average Bonchev–Trinajstić information content (AvgIpc) is 3.39. The van der Waals surface area contributed by atoms with Gasteiger partial charge < -0.3 is 14.4 Å². The van der Waals surface area contributed by atoms with Gasteiger partial charge >= 0.3 is 0 Å². The van der Waals surface area contributed by atoms with Crippen molar-refractivity contribution in [2.75, 3.05) is 31.1 Å². The van der Waals surface area contributed by atoms with Crippen LogP contribution in [0, 0.1) is 0 Å². The van der Waals surface area contributed by atoms with Crippen LogP contribution < -0.4 is 4.90 Å². The van der Waals surface area contributed by atoms with Crippen molar-refractivity contribution in [1.82, 2.24) is 24.3 Å². The highest BCUT2D eigenvalue weighted by Gasteiger charge is 2.21. The number of benzene rings is 1. The molecule has 36 heavy (non-hydrogen) atoms. The quantitative estimate of drug-likeness (QED) is 0.529. The molecule has 2 aromatic heterocycles. The molecule has 0 aliphatic carbocycles. The molecule has 0 fully saturated rings. The summed E-state index contributed by atoms with van der Waals surface area (Å²) in [6.07, 6.45) is 12.2. The third-order valence-electron chi connectivity index (χ3n) is 6.63.